The molecule has 0 aromatic heterocycles. The van der Waals surface area contributed by atoms with Crippen molar-refractivity contribution in [2.24, 2.45) is 0 Å². The lowest BCUT2D eigenvalue weighted by Gasteiger charge is -2.39. The van der Waals surface area contributed by atoms with Crippen LogP contribution in [0, 0.1) is 10.1 Å². The molecule has 0 radical (unpaired) electrons. The van der Waals surface area contributed by atoms with E-state index in [1.165, 1.54) is 6.07 Å². The third kappa shape index (κ3) is 3.76. The van der Waals surface area contributed by atoms with Gasteiger partial charge in [-0.15, -0.1) is 0 Å². The molecule has 7 nitrogen and oxygen atoms in total. The molecule has 3 atom stereocenters. The summed E-state index contributed by atoms with van der Waals surface area (Å²) in [7, 11) is -1.89. The zero-order valence-electron chi connectivity index (χ0n) is 15.7. The molecule has 1 fully saturated rings. The number of carbonyl (C=O) groups excluding carboxylic acids is 1. The Morgan fingerprint density at radius 3 is 2.62 bits per heavy atom. The van der Waals surface area contributed by atoms with E-state index in [-0.39, 0.29) is 29.8 Å². The van der Waals surface area contributed by atoms with Gasteiger partial charge in [0.05, 0.1) is 23.7 Å². The molecule has 1 aromatic rings. The van der Waals surface area contributed by atoms with Crippen LogP contribution in [0.1, 0.15) is 37.8 Å². The zero-order valence-corrected chi connectivity index (χ0v) is 16.7. The maximum atomic E-state index is 12.6. The molecular weight excluding hydrogens is 352 g/mol. The monoisotopic (exact) mass is 378 g/mol. The number of rotatable bonds is 4. The van der Waals surface area contributed by atoms with E-state index in [0.717, 1.165) is 6.42 Å². The summed E-state index contributed by atoms with van der Waals surface area (Å²) in [6.07, 6.45) is 1.71. The van der Waals surface area contributed by atoms with Gasteiger partial charge >= 0.3 is 0 Å². The van der Waals surface area contributed by atoms with Crippen molar-refractivity contribution in [2.75, 3.05) is 6.61 Å². The van der Waals surface area contributed by atoms with Crippen LogP contribution < -0.4 is 4.74 Å². The highest BCUT2D eigenvalue weighted by atomic mass is 28.4. The van der Waals surface area contributed by atoms with Crippen LogP contribution in [0.15, 0.2) is 18.2 Å². The molecule has 3 rings (SSSR count). The fraction of sp³-hybridized carbons (Fsp3) is 0.611. The van der Waals surface area contributed by atoms with Gasteiger partial charge in [0.1, 0.15) is 5.75 Å². The van der Waals surface area contributed by atoms with Crippen LogP contribution in [-0.2, 0) is 9.22 Å². The first-order chi connectivity index (χ1) is 12.2. The van der Waals surface area contributed by atoms with Gasteiger partial charge in [0.2, 0.25) is 5.91 Å². The Balaban J connectivity index is 2.11. The highest BCUT2D eigenvalue weighted by Gasteiger charge is 2.43. The largest absolute Gasteiger partial charge is 0.493 e. The van der Waals surface area contributed by atoms with Gasteiger partial charge in [0.25, 0.3) is 5.69 Å². The number of ether oxygens (including phenoxy) is 1. The van der Waals surface area contributed by atoms with Crippen LogP contribution in [-0.4, -0.2) is 42.8 Å². The molecule has 0 spiro atoms. The summed E-state index contributed by atoms with van der Waals surface area (Å²) in [5, 5.41) is 11.3. The smallest absolute Gasteiger partial charge is 0.270 e. The van der Waals surface area contributed by atoms with Gasteiger partial charge < -0.3 is 14.1 Å². The van der Waals surface area contributed by atoms with Gasteiger partial charge in [-0.1, -0.05) is 0 Å². The molecule has 0 saturated carbocycles. The SMILES string of the molecule is C[C@@H]1CCC(=O)N1[C@H]1c2cc([N+](=O)[O-])ccc2OCC[C@@H]1O[Si](C)(C)C. The van der Waals surface area contributed by atoms with Crippen LogP contribution in [0.5, 0.6) is 5.75 Å². The van der Waals surface area contributed by atoms with Gasteiger partial charge in [0, 0.05) is 36.6 Å². The average molecular weight is 379 g/mol. The Labute approximate surface area is 154 Å². The van der Waals surface area contributed by atoms with E-state index in [1.807, 2.05) is 11.8 Å². The normalized spacial score (nSPS) is 26.2. The van der Waals surface area contributed by atoms with Crippen LogP contribution in [0.4, 0.5) is 5.69 Å². The van der Waals surface area contributed by atoms with Gasteiger partial charge in [-0.25, -0.2) is 0 Å². The molecule has 0 unspecified atom stereocenters. The molecule has 2 heterocycles. The summed E-state index contributed by atoms with van der Waals surface area (Å²) >= 11 is 0. The Morgan fingerprint density at radius 1 is 1.31 bits per heavy atom. The van der Waals surface area contributed by atoms with Crippen molar-refractivity contribution in [3.63, 3.8) is 0 Å². The quantitative estimate of drug-likeness (QED) is 0.454. The van der Waals surface area contributed by atoms with Gasteiger partial charge in [-0.3, -0.25) is 14.9 Å². The lowest BCUT2D eigenvalue weighted by Crippen LogP contribution is -2.45. The number of hydrogen-bond donors (Lipinski definition) is 0. The number of fused-ring (bicyclic) bond motifs is 1. The van der Waals surface area contributed by atoms with E-state index in [0.29, 0.717) is 30.8 Å². The summed E-state index contributed by atoms with van der Waals surface area (Å²) in [6, 6.07) is 4.35. The Kier molecular flexibility index (Phi) is 5.07. The van der Waals surface area contributed by atoms with Crippen LogP contribution in [0.2, 0.25) is 19.6 Å². The summed E-state index contributed by atoms with van der Waals surface area (Å²) < 4.78 is 12.3. The number of benzene rings is 1. The summed E-state index contributed by atoms with van der Waals surface area (Å²) in [4.78, 5) is 25.4. The van der Waals surface area contributed by atoms with Crippen molar-refractivity contribution in [3.8, 4) is 5.75 Å². The molecule has 1 aromatic carbocycles. The van der Waals surface area contributed by atoms with E-state index in [4.69, 9.17) is 9.16 Å². The Morgan fingerprint density at radius 2 is 2.04 bits per heavy atom. The minimum atomic E-state index is -1.89. The second-order valence-electron chi connectivity index (χ2n) is 8.02. The fourth-order valence-electron chi connectivity index (χ4n) is 3.84. The molecule has 2 aliphatic heterocycles. The molecule has 2 aliphatic rings. The molecule has 1 amide bonds. The number of carbonyl (C=O) groups is 1. The lowest BCUT2D eigenvalue weighted by molar-refractivity contribution is -0.385. The number of amides is 1. The number of non-ortho nitro benzene ring substituents is 1. The number of nitro groups is 1. The molecule has 0 aliphatic carbocycles. The third-order valence-corrected chi connectivity index (χ3v) is 5.89. The number of nitro benzene ring substituents is 1. The van der Waals surface area contributed by atoms with Crippen molar-refractivity contribution in [3.05, 3.63) is 33.9 Å². The number of likely N-dealkylation sites (tertiary alicyclic amines) is 1. The first-order valence-electron chi connectivity index (χ1n) is 9.07. The number of hydrogen-bond acceptors (Lipinski definition) is 5. The van der Waals surface area contributed by atoms with Crippen molar-refractivity contribution >= 4 is 19.9 Å². The predicted octanol–water partition coefficient (Wildman–Crippen LogP) is 3.65. The van der Waals surface area contributed by atoms with Gasteiger partial charge in [-0.2, -0.15) is 0 Å². The average Bonchev–Trinajstić information content (AvgIpc) is 2.77. The van der Waals surface area contributed by atoms with E-state index in [1.54, 1.807) is 12.1 Å². The van der Waals surface area contributed by atoms with Crippen molar-refractivity contribution in [1.82, 2.24) is 4.90 Å². The lowest BCUT2D eigenvalue weighted by atomic mass is 9.96. The molecule has 0 N–H and O–H groups in total. The summed E-state index contributed by atoms with van der Waals surface area (Å²) in [6.45, 7) is 8.82. The molecule has 0 bridgehead atoms. The first-order valence-corrected chi connectivity index (χ1v) is 12.5. The molecule has 1 saturated heterocycles. The number of nitrogens with zero attached hydrogens (tertiary/aromatic N) is 2. The minimum absolute atomic E-state index is 0.00491. The van der Waals surface area contributed by atoms with E-state index in [9.17, 15) is 14.9 Å². The van der Waals surface area contributed by atoms with E-state index >= 15 is 0 Å². The van der Waals surface area contributed by atoms with Gasteiger partial charge in [0.15, 0.2) is 8.32 Å². The Bertz CT molecular complexity index is 718. The van der Waals surface area contributed by atoms with Crippen molar-refractivity contribution in [1.29, 1.82) is 0 Å². The highest BCUT2D eigenvalue weighted by Crippen LogP contribution is 2.43. The van der Waals surface area contributed by atoms with Crippen LogP contribution >= 0.6 is 0 Å². The summed E-state index contributed by atoms with van der Waals surface area (Å²) in [5.74, 6) is 0.681. The molecular formula is C18H26N2O5Si. The maximum Gasteiger partial charge on any atom is 0.270 e. The summed E-state index contributed by atoms with van der Waals surface area (Å²) in [5.41, 5.74) is 0.687. The predicted molar refractivity (Wildman–Crippen MR) is 99.7 cm³/mol. The molecule has 26 heavy (non-hydrogen) atoms. The topological polar surface area (TPSA) is 81.9 Å². The van der Waals surface area contributed by atoms with Crippen LogP contribution in [0.25, 0.3) is 0 Å². The standard InChI is InChI=1S/C18H26N2O5Si/c1-12-5-8-17(21)19(12)18-14-11-13(20(22)23)6-7-15(14)24-10-9-16(18)25-26(2,3)4/h6-7,11-12,16,18H,5,8-10H2,1-4H3/t12-,16+,18+/m1/s1. The van der Waals surface area contributed by atoms with Crippen molar-refractivity contribution in [2.45, 2.75) is 64.0 Å². The fourth-order valence-corrected chi connectivity index (χ4v) is 4.99. The van der Waals surface area contributed by atoms with Gasteiger partial charge in [-0.05, 0) is 39.1 Å². The van der Waals surface area contributed by atoms with E-state index in [2.05, 4.69) is 19.6 Å². The maximum absolute atomic E-state index is 12.6. The molecule has 8 heteroatoms. The highest BCUT2D eigenvalue weighted by molar-refractivity contribution is 6.69. The van der Waals surface area contributed by atoms with Crippen LogP contribution in [0.3, 0.4) is 0 Å². The van der Waals surface area contributed by atoms with E-state index < -0.39 is 13.2 Å². The second kappa shape index (κ2) is 7.00. The van der Waals surface area contributed by atoms with Crippen molar-refractivity contribution < 1.29 is 18.9 Å². The first kappa shape index (κ1) is 18.8. The third-order valence-electron chi connectivity index (χ3n) is 4.88. The molecule has 142 valence electrons. The Hall–Kier alpha value is -1.93. The zero-order chi connectivity index (χ0) is 19.1. The minimum Gasteiger partial charge on any atom is -0.493 e. The second-order valence-corrected chi connectivity index (χ2v) is 12.5.